The van der Waals surface area contributed by atoms with Crippen LogP contribution in [0, 0.1) is 23.0 Å². The summed E-state index contributed by atoms with van der Waals surface area (Å²) in [6, 6.07) is 8.90. The fourth-order valence-electron chi connectivity index (χ4n) is 2.12. The molecule has 0 unspecified atom stereocenters. The van der Waals surface area contributed by atoms with Gasteiger partial charge in [-0.1, -0.05) is 0 Å². The Balaban J connectivity index is 1.92. The lowest BCUT2D eigenvalue weighted by Gasteiger charge is -2.07. The lowest BCUT2D eigenvalue weighted by atomic mass is 10.2. The number of halogens is 2. The molecule has 126 valence electrons. The van der Waals surface area contributed by atoms with Crippen LogP contribution in [0.2, 0.25) is 0 Å². The number of H-pyrrole nitrogens is 1. The van der Waals surface area contributed by atoms with E-state index in [9.17, 15) is 17.2 Å². The molecule has 3 rings (SSSR count). The Labute approximate surface area is 141 Å². The lowest BCUT2D eigenvalue weighted by molar-refractivity contribution is 0.598. The van der Waals surface area contributed by atoms with E-state index >= 15 is 0 Å². The fourth-order valence-corrected chi connectivity index (χ4v) is 3.18. The van der Waals surface area contributed by atoms with Crippen molar-refractivity contribution in [2.45, 2.75) is 4.90 Å². The SMILES string of the molecule is N#Cc1ccc(NS(=O)(=O)c2c[nH]c(-c3ncccc3F)c2)c(F)c1. The van der Waals surface area contributed by atoms with Crippen molar-refractivity contribution in [2.75, 3.05) is 4.72 Å². The Kier molecular flexibility index (Phi) is 4.21. The molecule has 0 fully saturated rings. The number of nitriles is 1. The first-order valence-electron chi connectivity index (χ1n) is 6.92. The number of nitrogens with one attached hydrogen (secondary N) is 2. The maximum Gasteiger partial charge on any atom is 0.263 e. The summed E-state index contributed by atoms with van der Waals surface area (Å²) < 4.78 is 54.4. The minimum absolute atomic E-state index is 0.0338. The van der Waals surface area contributed by atoms with E-state index in [2.05, 4.69) is 14.7 Å². The van der Waals surface area contributed by atoms with E-state index in [1.165, 1.54) is 30.5 Å². The highest BCUT2D eigenvalue weighted by Gasteiger charge is 2.20. The Morgan fingerprint density at radius 3 is 2.64 bits per heavy atom. The molecule has 3 aromatic rings. The molecule has 0 atom stereocenters. The molecule has 1 aromatic carbocycles. The van der Waals surface area contributed by atoms with E-state index in [0.29, 0.717) is 0 Å². The minimum atomic E-state index is -4.11. The summed E-state index contributed by atoms with van der Waals surface area (Å²) in [6.45, 7) is 0. The van der Waals surface area contributed by atoms with Crippen LogP contribution in [0.25, 0.3) is 11.4 Å². The van der Waals surface area contributed by atoms with Gasteiger partial charge in [-0.25, -0.2) is 17.2 Å². The zero-order valence-electron chi connectivity index (χ0n) is 12.5. The maximum absolute atomic E-state index is 13.9. The summed E-state index contributed by atoms with van der Waals surface area (Å²) >= 11 is 0. The molecular formula is C16H10F2N4O2S. The van der Waals surface area contributed by atoms with Gasteiger partial charge in [0.2, 0.25) is 0 Å². The molecule has 25 heavy (non-hydrogen) atoms. The average molecular weight is 360 g/mol. The summed E-state index contributed by atoms with van der Waals surface area (Å²) in [4.78, 5) is 6.27. The molecular weight excluding hydrogens is 350 g/mol. The topological polar surface area (TPSA) is 98.6 Å². The quantitative estimate of drug-likeness (QED) is 0.747. The van der Waals surface area contributed by atoms with Gasteiger partial charge in [0, 0.05) is 12.4 Å². The summed E-state index contributed by atoms with van der Waals surface area (Å²) in [7, 11) is -4.11. The standard InChI is InChI=1S/C16H10F2N4O2S/c17-12-2-1-5-20-16(12)15-7-11(9-21-15)25(23,24)22-14-4-3-10(8-19)6-13(14)18/h1-7,9,21-22H. The second kappa shape index (κ2) is 6.33. The van der Waals surface area contributed by atoms with Crippen LogP contribution in [0.5, 0.6) is 0 Å². The second-order valence-electron chi connectivity index (χ2n) is 4.99. The highest BCUT2D eigenvalue weighted by molar-refractivity contribution is 7.92. The van der Waals surface area contributed by atoms with Gasteiger partial charge in [0.1, 0.15) is 16.4 Å². The van der Waals surface area contributed by atoms with E-state index < -0.39 is 21.7 Å². The smallest absolute Gasteiger partial charge is 0.263 e. The largest absolute Gasteiger partial charge is 0.358 e. The van der Waals surface area contributed by atoms with Crippen molar-refractivity contribution >= 4 is 15.7 Å². The molecule has 9 heteroatoms. The van der Waals surface area contributed by atoms with Crippen LogP contribution in [-0.4, -0.2) is 18.4 Å². The van der Waals surface area contributed by atoms with Gasteiger partial charge in [0.15, 0.2) is 5.82 Å². The Morgan fingerprint density at radius 1 is 1.16 bits per heavy atom. The average Bonchev–Trinajstić information content (AvgIpc) is 3.08. The predicted octanol–water partition coefficient (Wildman–Crippen LogP) is 3.03. The molecule has 0 aliphatic carbocycles. The number of rotatable bonds is 4. The predicted molar refractivity (Wildman–Crippen MR) is 85.9 cm³/mol. The van der Waals surface area contributed by atoms with Crippen molar-refractivity contribution in [3.05, 3.63) is 66.0 Å². The van der Waals surface area contributed by atoms with Crippen LogP contribution in [0.1, 0.15) is 5.56 Å². The van der Waals surface area contributed by atoms with Crippen LogP contribution in [0.3, 0.4) is 0 Å². The number of benzene rings is 1. The van der Waals surface area contributed by atoms with Crippen LogP contribution in [-0.2, 0) is 10.0 Å². The summed E-state index contributed by atoms with van der Waals surface area (Å²) in [5.74, 6) is -1.49. The van der Waals surface area contributed by atoms with Gasteiger partial charge in [0.05, 0.1) is 23.0 Å². The normalized spacial score (nSPS) is 11.1. The third-order valence-corrected chi connectivity index (χ3v) is 4.67. The molecule has 0 aliphatic rings. The molecule has 0 bridgehead atoms. The van der Waals surface area contributed by atoms with E-state index in [1.807, 2.05) is 0 Å². The highest BCUT2D eigenvalue weighted by Crippen LogP contribution is 2.24. The summed E-state index contributed by atoms with van der Waals surface area (Å²) in [6.07, 6.45) is 2.52. The molecule has 0 saturated carbocycles. The van der Waals surface area contributed by atoms with Crippen molar-refractivity contribution in [3.8, 4) is 17.5 Å². The third-order valence-electron chi connectivity index (χ3n) is 3.32. The monoisotopic (exact) mass is 360 g/mol. The van der Waals surface area contributed by atoms with E-state index in [4.69, 9.17) is 5.26 Å². The summed E-state index contributed by atoms with van der Waals surface area (Å²) in [5, 5.41) is 8.70. The number of nitrogens with zero attached hydrogens (tertiary/aromatic N) is 2. The molecule has 2 N–H and O–H groups in total. The van der Waals surface area contributed by atoms with Crippen molar-refractivity contribution in [2.24, 2.45) is 0 Å². The molecule has 0 radical (unpaired) electrons. The molecule has 6 nitrogen and oxygen atoms in total. The number of anilines is 1. The van der Waals surface area contributed by atoms with Crippen LogP contribution in [0.4, 0.5) is 14.5 Å². The lowest BCUT2D eigenvalue weighted by Crippen LogP contribution is -2.13. The van der Waals surface area contributed by atoms with Crippen molar-refractivity contribution in [3.63, 3.8) is 0 Å². The third kappa shape index (κ3) is 3.34. The number of aromatic nitrogens is 2. The summed E-state index contributed by atoms with van der Waals surface area (Å²) in [5.41, 5.74) is -0.104. The van der Waals surface area contributed by atoms with Crippen molar-refractivity contribution in [1.29, 1.82) is 5.26 Å². The van der Waals surface area contributed by atoms with Gasteiger partial charge >= 0.3 is 0 Å². The maximum atomic E-state index is 13.9. The molecule has 0 aliphatic heterocycles. The van der Waals surface area contributed by atoms with Gasteiger partial charge in [-0.3, -0.25) is 9.71 Å². The number of pyridine rings is 1. The first-order chi connectivity index (χ1) is 11.9. The van der Waals surface area contributed by atoms with E-state index in [1.54, 1.807) is 6.07 Å². The Bertz CT molecular complexity index is 1090. The van der Waals surface area contributed by atoms with Gasteiger partial charge < -0.3 is 4.98 Å². The van der Waals surface area contributed by atoms with Gasteiger partial charge in [-0.2, -0.15) is 5.26 Å². The minimum Gasteiger partial charge on any atom is -0.358 e. The van der Waals surface area contributed by atoms with E-state index in [0.717, 1.165) is 18.3 Å². The number of hydrogen-bond donors (Lipinski definition) is 2. The zero-order valence-corrected chi connectivity index (χ0v) is 13.3. The first-order valence-corrected chi connectivity index (χ1v) is 8.41. The van der Waals surface area contributed by atoms with Crippen LogP contribution in [0.15, 0.2) is 53.7 Å². The van der Waals surface area contributed by atoms with E-state index in [-0.39, 0.29) is 27.5 Å². The van der Waals surface area contributed by atoms with Gasteiger partial charge in [-0.05, 0) is 36.4 Å². The molecule has 0 spiro atoms. The fraction of sp³-hybridized carbons (Fsp3) is 0. The van der Waals surface area contributed by atoms with Crippen molar-refractivity contribution in [1.82, 2.24) is 9.97 Å². The first kappa shape index (κ1) is 16.6. The Morgan fingerprint density at radius 2 is 1.96 bits per heavy atom. The second-order valence-corrected chi connectivity index (χ2v) is 6.68. The molecule has 0 saturated heterocycles. The van der Waals surface area contributed by atoms with Gasteiger partial charge in [-0.15, -0.1) is 0 Å². The van der Waals surface area contributed by atoms with Crippen molar-refractivity contribution < 1.29 is 17.2 Å². The van der Waals surface area contributed by atoms with Crippen LogP contribution >= 0.6 is 0 Å². The highest BCUT2D eigenvalue weighted by atomic mass is 32.2. The number of aromatic amines is 1. The van der Waals surface area contributed by atoms with Crippen LogP contribution < -0.4 is 4.72 Å². The zero-order chi connectivity index (χ0) is 18.0. The number of hydrogen-bond acceptors (Lipinski definition) is 4. The number of sulfonamides is 1. The Hall–Kier alpha value is -3.25. The molecule has 2 aromatic heterocycles. The van der Waals surface area contributed by atoms with Gasteiger partial charge in [0.25, 0.3) is 10.0 Å². The molecule has 2 heterocycles. The molecule has 0 amide bonds.